The minimum absolute atomic E-state index is 0.00643. The molecule has 0 radical (unpaired) electrons. The molecule has 6 heteroatoms. The quantitative estimate of drug-likeness (QED) is 0.459. The number of aliphatic hydroxyl groups excluding tert-OH is 1. The molecule has 0 amide bonds. The SMILES string of the molecule is COc1cc2c(cc1OCc1ccc(F)cc1)CCN1Cc3c(c4ccccc4n3CO)CC21. The first-order valence-corrected chi connectivity index (χ1v) is 11.7. The van der Waals surface area contributed by atoms with E-state index in [1.165, 1.54) is 39.9 Å². The molecule has 1 unspecified atom stereocenters. The topological polar surface area (TPSA) is 46.9 Å². The highest BCUT2D eigenvalue weighted by Gasteiger charge is 2.35. The average Bonchev–Trinajstić information content (AvgIpc) is 3.19. The molecule has 0 spiro atoms. The molecule has 1 N–H and O–H groups in total. The summed E-state index contributed by atoms with van der Waals surface area (Å²) in [6.45, 7) is 2.12. The molecule has 2 aliphatic rings. The predicted molar refractivity (Wildman–Crippen MR) is 128 cm³/mol. The molecular formula is C28H27FN2O3. The van der Waals surface area contributed by atoms with Crippen LogP contribution in [0.1, 0.15) is 34.0 Å². The summed E-state index contributed by atoms with van der Waals surface area (Å²) in [4.78, 5) is 2.51. The second-order valence-corrected chi connectivity index (χ2v) is 9.07. The van der Waals surface area contributed by atoms with Gasteiger partial charge in [0.25, 0.3) is 0 Å². The lowest BCUT2D eigenvalue weighted by Crippen LogP contribution is -2.39. The van der Waals surface area contributed by atoms with Crippen LogP contribution < -0.4 is 9.47 Å². The van der Waals surface area contributed by atoms with Crippen molar-refractivity contribution in [3.05, 3.63) is 94.4 Å². The first-order valence-electron chi connectivity index (χ1n) is 11.7. The fraction of sp³-hybridized carbons (Fsp3) is 0.286. The lowest BCUT2D eigenvalue weighted by Gasteiger charge is -2.41. The van der Waals surface area contributed by atoms with Crippen molar-refractivity contribution in [2.75, 3.05) is 13.7 Å². The molecule has 2 aliphatic heterocycles. The second kappa shape index (κ2) is 8.46. The first-order chi connectivity index (χ1) is 16.7. The van der Waals surface area contributed by atoms with E-state index in [4.69, 9.17) is 9.47 Å². The number of ether oxygens (including phenoxy) is 2. The highest BCUT2D eigenvalue weighted by Crippen LogP contribution is 2.44. The fourth-order valence-electron chi connectivity index (χ4n) is 5.59. The van der Waals surface area contributed by atoms with Crippen molar-refractivity contribution in [3.8, 4) is 11.5 Å². The Balaban J connectivity index is 1.34. The minimum atomic E-state index is -0.252. The van der Waals surface area contributed by atoms with Gasteiger partial charge in [-0.2, -0.15) is 0 Å². The van der Waals surface area contributed by atoms with Crippen molar-refractivity contribution in [2.24, 2.45) is 0 Å². The number of fused-ring (bicyclic) bond motifs is 6. The van der Waals surface area contributed by atoms with Crippen LogP contribution in [0.25, 0.3) is 10.9 Å². The van der Waals surface area contributed by atoms with E-state index < -0.39 is 0 Å². The van der Waals surface area contributed by atoms with Crippen LogP contribution >= 0.6 is 0 Å². The molecule has 34 heavy (non-hydrogen) atoms. The maximum Gasteiger partial charge on any atom is 0.161 e. The van der Waals surface area contributed by atoms with E-state index in [1.807, 2.05) is 10.6 Å². The monoisotopic (exact) mass is 458 g/mol. The number of hydrogen-bond donors (Lipinski definition) is 1. The van der Waals surface area contributed by atoms with Gasteiger partial charge in [-0.05, 0) is 65.4 Å². The van der Waals surface area contributed by atoms with Crippen LogP contribution in [-0.2, 0) is 32.7 Å². The molecule has 0 fully saturated rings. The van der Waals surface area contributed by atoms with E-state index in [0.29, 0.717) is 18.1 Å². The van der Waals surface area contributed by atoms with Gasteiger partial charge < -0.3 is 19.1 Å². The summed E-state index contributed by atoms with van der Waals surface area (Å²) in [6, 6.07) is 19.2. The van der Waals surface area contributed by atoms with Crippen molar-refractivity contribution in [3.63, 3.8) is 0 Å². The Morgan fingerprint density at radius 2 is 1.88 bits per heavy atom. The Hall–Kier alpha value is -3.35. The van der Waals surface area contributed by atoms with Crippen LogP contribution in [0.5, 0.6) is 11.5 Å². The molecule has 0 bridgehead atoms. The zero-order chi connectivity index (χ0) is 23.2. The summed E-state index contributed by atoms with van der Waals surface area (Å²) in [6.07, 6.45) is 1.83. The number of para-hydroxylation sites is 1. The summed E-state index contributed by atoms with van der Waals surface area (Å²) >= 11 is 0. The molecule has 3 aromatic carbocycles. The fourth-order valence-corrected chi connectivity index (χ4v) is 5.59. The van der Waals surface area contributed by atoms with Gasteiger partial charge in [-0.1, -0.05) is 30.3 Å². The van der Waals surface area contributed by atoms with E-state index in [1.54, 1.807) is 19.2 Å². The van der Waals surface area contributed by atoms with E-state index in [2.05, 4.69) is 35.2 Å². The zero-order valence-corrected chi connectivity index (χ0v) is 19.1. The van der Waals surface area contributed by atoms with Crippen LogP contribution in [0.15, 0.2) is 60.7 Å². The lowest BCUT2D eigenvalue weighted by molar-refractivity contribution is 0.145. The van der Waals surface area contributed by atoms with Gasteiger partial charge in [0.15, 0.2) is 11.5 Å². The average molecular weight is 459 g/mol. The normalized spacial score (nSPS) is 17.2. The molecule has 174 valence electrons. The predicted octanol–water partition coefficient (Wildman–Crippen LogP) is 4.97. The highest BCUT2D eigenvalue weighted by atomic mass is 19.1. The van der Waals surface area contributed by atoms with Gasteiger partial charge in [0.1, 0.15) is 19.2 Å². The van der Waals surface area contributed by atoms with Crippen molar-refractivity contribution in [1.29, 1.82) is 0 Å². The molecule has 4 aromatic rings. The summed E-state index contributed by atoms with van der Waals surface area (Å²) < 4.78 is 27.1. The smallest absolute Gasteiger partial charge is 0.161 e. The largest absolute Gasteiger partial charge is 0.493 e. The van der Waals surface area contributed by atoms with Crippen LogP contribution in [0.4, 0.5) is 4.39 Å². The van der Waals surface area contributed by atoms with Gasteiger partial charge in [-0.15, -0.1) is 0 Å². The van der Waals surface area contributed by atoms with Gasteiger partial charge in [0.2, 0.25) is 0 Å². The van der Waals surface area contributed by atoms with Crippen molar-refractivity contribution in [1.82, 2.24) is 9.47 Å². The third-order valence-corrected chi connectivity index (χ3v) is 7.29. The van der Waals surface area contributed by atoms with E-state index >= 15 is 0 Å². The molecule has 3 heterocycles. The molecule has 1 atom stereocenters. The first kappa shape index (κ1) is 21.2. The summed E-state index contributed by atoms with van der Waals surface area (Å²) in [5.74, 6) is 1.18. The van der Waals surface area contributed by atoms with Gasteiger partial charge in [-0.25, -0.2) is 4.39 Å². The maximum absolute atomic E-state index is 13.2. The number of aromatic nitrogens is 1. The van der Waals surface area contributed by atoms with Gasteiger partial charge in [0, 0.05) is 30.2 Å². The molecule has 5 nitrogen and oxygen atoms in total. The summed E-state index contributed by atoms with van der Waals surface area (Å²) in [5, 5.41) is 11.3. The number of nitrogens with zero attached hydrogens (tertiary/aromatic N) is 2. The second-order valence-electron chi connectivity index (χ2n) is 9.07. The number of hydrogen-bond acceptors (Lipinski definition) is 4. The van der Waals surface area contributed by atoms with Crippen LogP contribution in [0, 0.1) is 5.82 Å². The van der Waals surface area contributed by atoms with Crippen molar-refractivity contribution < 1.29 is 19.0 Å². The zero-order valence-electron chi connectivity index (χ0n) is 19.1. The Morgan fingerprint density at radius 1 is 1.06 bits per heavy atom. The Labute approximate surface area is 198 Å². The number of aliphatic hydroxyl groups is 1. The molecule has 0 saturated heterocycles. The third-order valence-electron chi connectivity index (χ3n) is 7.29. The third kappa shape index (κ3) is 3.45. The van der Waals surface area contributed by atoms with Gasteiger partial charge in [-0.3, -0.25) is 4.90 Å². The van der Waals surface area contributed by atoms with E-state index in [9.17, 15) is 9.50 Å². The number of rotatable bonds is 5. The lowest BCUT2D eigenvalue weighted by atomic mass is 9.85. The highest BCUT2D eigenvalue weighted by molar-refractivity contribution is 5.86. The van der Waals surface area contributed by atoms with Crippen LogP contribution in [0.3, 0.4) is 0 Å². The van der Waals surface area contributed by atoms with Crippen molar-refractivity contribution >= 4 is 10.9 Å². The minimum Gasteiger partial charge on any atom is -0.493 e. The van der Waals surface area contributed by atoms with Gasteiger partial charge >= 0.3 is 0 Å². The number of benzene rings is 3. The molecule has 6 rings (SSSR count). The summed E-state index contributed by atoms with van der Waals surface area (Å²) in [7, 11) is 1.67. The standard InChI is InChI=1S/C28H27FN2O3/c1-33-27-14-22-19(12-28(27)34-16-18-6-8-20(29)9-7-18)10-11-30-15-26-23(13-25(22)30)21-4-2-3-5-24(21)31(26)17-32/h2-9,12,14,25,32H,10-11,13,15-17H2,1H3. The van der Waals surface area contributed by atoms with E-state index in [0.717, 1.165) is 37.0 Å². The maximum atomic E-state index is 13.2. The Kier molecular flexibility index (Phi) is 5.27. The van der Waals surface area contributed by atoms with E-state index in [-0.39, 0.29) is 18.6 Å². The Bertz CT molecular complexity index is 1360. The molecule has 1 aromatic heterocycles. The summed E-state index contributed by atoms with van der Waals surface area (Å²) in [5.41, 5.74) is 7.11. The number of methoxy groups -OCH3 is 1. The Morgan fingerprint density at radius 3 is 2.68 bits per heavy atom. The van der Waals surface area contributed by atoms with Gasteiger partial charge in [0.05, 0.1) is 12.6 Å². The molecular weight excluding hydrogens is 431 g/mol. The van der Waals surface area contributed by atoms with Crippen molar-refractivity contribution in [2.45, 2.75) is 38.8 Å². The molecule has 0 aliphatic carbocycles. The van der Waals surface area contributed by atoms with Crippen LogP contribution in [0.2, 0.25) is 0 Å². The number of halogens is 1. The molecule has 0 saturated carbocycles. The van der Waals surface area contributed by atoms with Crippen LogP contribution in [-0.4, -0.2) is 28.2 Å².